The summed E-state index contributed by atoms with van der Waals surface area (Å²) in [5, 5.41) is 0. The molecule has 1 heterocycles. The van der Waals surface area contributed by atoms with Crippen LogP contribution in [0.4, 0.5) is 0 Å². The Morgan fingerprint density at radius 1 is 0.711 bits per heavy atom. The number of hydrogen-bond acceptors (Lipinski definition) is 5. The van der Waals surface area contributed by atoms with E-state index < -0.39 is 18.2 Å². The monoisotopic (exact) mass is 597 g/mol. The third-order valence-electron chi connectivity index (χ3n) is 5.51. The molecule has 0 fully saturated rings. The molecule has 0 aliphatic heterocycles. The van der Waals surface area contributed by atoms with Gasteiger partial charge in [0.2, 0.25) is 0 Å². The van der Waals surface area contributed by atoms with Gasteiger partial charge in [-0.05, 0) is 0 Å². The van der Waals surface area contributed by atoms with Gasteiger partial charge in [0.25, 0.3) is 0 Å². The second kappa shape index (κ2) is 14.9. The van der Waals surface area contributed by atoms with Crippen LogP contribution in [0.2, 0.25) is 0 Å². The van der Waals surface area contributed by atoms with E-state index in [4.69, 9.17) is 16.1 Å². The van der Waals surface area contributed by atoms with Gasteiger partial charge in [-0.2, -0.15) is 0 Å². The number of pyridine rings is 1. The van der Waals surface area contributed by atoms with Crippen molar-refractivity contribution in [2.75, 3.05) is 13.2 Å². The Labute approximate surface area is 247 Å². The smallest absolute Gasteiger partial charge is 0.147 e. The minimum absolute atomic E-state index is 0. The number of halogens is 2. The number of aromatic nitrogens is 1. The van der Waals surface area contributed by atoms with Gasteiger partial charge in [-0.25, -0.2) is 0 Å². The second-order valence-corrected chi connectivity index (χ2v) is 12.7. The van der Waals surface area contributed by atoms with Gasteiger partial charge in [-0.15, -0.1) is 24.8 Å². The maximum absolute atomic E-state index is 6.72. The molecule has 0 aliphatic carbocycles. The van der Waals surface area contributed by atoms with E-state index >= 15 is 0 Å². The zero-order valence-electron chi connectivity index (χ0n) is 23.7. The predicted molar refractivity (Wildman–Crippen MR) is 158 cm³/mol. The Morgan fingerprint density at radius 2 is 1.18 bits per heavy atom. The predicted octanol–water partition coefficient (Wildman–Crippen LogP) is 8.07. The molecule has 0 saturated carbocycles. The van der Waals surface area contributed by atoms with Crippen LogP contribution in [0.5, 0.6) is 23.0 Å². The van der Waals surface area contributed by atoms with Gasteiger partial charge in [-0.3, -0.25) is 0 Å². The molecular weight excluding hydrogens is 557 g/mol. The van der Waals surface area contributed by atoms with Crippen LogP contribution in [0, 0.1) is 0 Å². The molecule has 0 amide bonds. The molecular formula is C30H41Cl2NO4Ti. The van der Waals surface area contributed by atoms with Gasteiger partial charge in [0.1, 0.15) is 0 Å². The maximum atomic E-state index is 6.72. The summed E-state index contributed by atoms with van der Waals surface area (Å²) in [6, 6.07) is 17.9. The molecule has 3 aromatic rings. The van der Waals surface area contributed by atoms with Gasteiger partial charge in [0.05, 0.1) is 0 Å². The first-order valence-electron chi connectivity index (χ1n) is 12.5. The summed E-state index contributed by atoms with van der Waals surface area (Å²) in [6.07, 6.45) is 1.79. The normalized spacial score (nSPS) is 10.9. The third kappa shape index (κ3) is 9.61. The van der Waals surface area contributed by atoms with Gasteiger partial charge in [0, 0.05) is 0 Å². The average Bonchev–Trinajstić information content (AvgIpc) is 2.80. The molecule has 0 unspecified atom stereocenters. The molecule has 38 heavy (non-hydrogen) atoms. The Hall–Kier alpha value is -2.05. The van der Waals surface area contributed by atoms with Crippen LogP contribution in [0.15, 0.2) is 60.8 Å². The number of hydrogen-bond donors (Lipinski definition) is 0. The van der Waals surface area contributed by atoms with Crippen molar-refractivity contribution in [1.82, 2.24) is 4.98 Å². The largest absolute Gasteiger partial charge is 0.147 e. The zero-order chi connectivity index (χ0) is 26.3. The van der Waals surface area contributed by atoms with Crippen molar-refractivity contribution in [3.8, 4) is 23.0 Å². The van der Waals surface area contributed by atoms with Crippen molar-refractivity contribution < 1.29 is 34.3 Å². The summed E-state index contributed by atoms with van der Waals surface area (Å²) >= 11 is -2.79. The van der Waals surface area contributed by atoms with E-state index in [2.05, 4.69) is 63.0 Å². The Bertz CT molecular complexity index is 1120. The first-order chi connectivity index (χ1) is 17.0. The third-order valence-corrected chi connectivity index (χ3v) is 7.66. The minimum Gasteiger partial charge on any atom is -0.147 e. The van der Waals surface area contributed by atoms with E-state index in [0.717, 1.165) is 39.8 Å². The van der Waals surface area contributed by atoms with Crippen LogP contribution in [0.25, 0.3) is 0 Å². The van der Waals surface area contributed by atoms with Crippen LogP contribution in [-0.4, -0.2) is 22.5 Å². The van der Waals surface area contributed by atoms with Crippen LogP contribution in [0.3, 0.4) is 0 Å². The molecule has 8 heteroatoms. The molecule has 0 radical (unpaired) electrons. The van der Waals surface area contributed by atoms with Crippen LogP contribution in [0.1, 0.15) is 72.2 Å². The molecule has 1 aromatic heterocycles. The molecule has 0 aliphatic rings. The van der Waals surface area contributed by atoms with Crippen molar-refractivity contribution in [3.05, 3.63) is 77.6 Å². The molecule has 0 N–H and O–H groups in total. The van der Waals surface area contributed by atoms with Gasteiger partial charge in [0.15, 0.2) is 0 Å². The SMILES string of the molecule is CCOc1ccc([O][Ti](=[CH]c2ccccn2)[O]c2ccc(OCC)cc2C(C)(C)C)c(C(C)(C)C)c1.Cl.Cl. The first-order valence-corrected chi connectivity index (χ1v) is 14.7. The van der Waals surface area contributed by atoms with Crippen molar-refractivity contribution in [1.29, 1.82) is 0 Å². The summed E-state index contributed by atoms with van der Waals surface area (Å²) in [7, 11) is 0. The van der Waals surface area contributed by atoms with E-state index in [1.54, 1.807) is 6.20 Å². The fourth-order valence-electron chi connectivity index (χ4n) is 3.76. The van der Waals surface area contributed by atoms with Gasteiger partial charge in [-0.1, -0.05) is 0 Å². The van der Waals surface area contributed by atoms with Crippen molar-refractivity contribution in [2.24, 2.45) is 0 Å². The number of benzene rings is 2. The topological polar surface area (TPSA) is 49.8 Å². The molecule has 3 rings (SSSR count). The summed E-state index contributed by atoms with van der Waals surface area (Å²) in [5.74, 6) is 3.31. The van der Waals surface area contributed by atoms with Crippen molar-refractivity contribution >= 4 is 29.1 Å². The van der Waals surface area contributed by atoms with E-state index in [0.29, 0.717) is 13.2 Å². The molecule has 0 bridgehead atoms. The summed E-state index contributed by atoms with van der Waals surface area (Å²) in [4.78, 5) is 4.51. The van der Waals surface area contributed by atoms with Crippen molar-refractivity contribution in [2.45, 2.75) is 66.2 Å². The van der Waals surface area contributed by atoms with Crippen LogP contribution in [-0.2, 0) is 29.0 Å². The minimum atomic E-state index is -2.79. The molecule has 0 saturated heterocycles. The number of rotatable bonds is 9. The Kier molecular flexibility index (Phi) is 13.4. The fourth-order valence-corrected chi connectivity index (χ4v) is 5.89. The average molecular weight is 598 g/mol. The van der Waals surface area contributed by atoms with Gasteiger partial charge >= 0.3 is 224 Å². The van der Waals surface area contributed by atoms with E-state index in [9.17, 15) is 0 Å². The molecule has 5 nitrogen and oxygen atoms in total. The molecule has 2 aromatic carbocycles. The summed E-state index contributed by atoms with van der Waals surface area (Å²) in [5.41, 5.74) is 2.75. The van der Waals surface area contributed by atoms with Crippen molar-refractivity contribution in [3.63, 3.8) is 0 Å². The summed E-state index contributed by atoms with van der Waals surface area (Å²) in [6.45, 7) is 18.3. The fraction of sp³-hybridized carbons (Fsp3) is 0.400. The van der Waals surface area contributed by atoms with Crippen LogP contribution >= 0.6 is 24.8 Å². The van der Waals surface area contributed by atoms with E-state index in [-0.39, 0.29) is 35.6 Å². The first kappa shape index (κ1) is 34.0. The maximum Gasteiger partial charge on any atom is -0.147 e. The molecule has 0 atom stereocenters. The van der Waals surface area contributed by atoms with E-state index in [1.807, 2.05) is 56.3 Å². The summed E-state index contributed by atoms with van der Waals surface area (Å²) < 4.78 is 27.1. The van der Waals surface area contributed by atoms with Crippen LogP contribution < -0.4 is 16.1 Å². The Balaban J connectivity index is 0.00000361. The zero-order valence-corrected chi connectivity index (χ0v) is 26.9. The number of nitrogens with zero attached hydrogens (tertiary/aromatic N) is 1. The molecule has 0 spiro atoms. The standard InChI is InChI=1S/2C12H18O2.C6H5N.2ClH.Ti/c2*1-5-14-9-6-7-11(13)10(8-9)12(2,3)4;1-6-4-2-3-5-7-6;;;/h2*6-8,13H,5H2,1-4H3;1-5H;2*1H;/q;;;;;+2/p-2. The molecule has 208 valence electrons. The second-order valence-electron chi connectivity index (χ2n) is 10.6. The Morgan fingerprint density at radius 3 is 1.55 bits per heavy atom. The van der Waals surface area contributed by atoms with Gasteiger partial charge < -0.3 is 0 Å². The van der Waals surface area contributed by atoms with E-state index in [1.165, 1.54) is 0 Å². The quantitative estimate of drug-likeness (QED) is 0.233. The number of ether oxygens (including phenoxy) is 2.